The second-order valence-electron chi connectivity index (χ2n) is 7.91. The molecular weight excluding hydrogens is 380 g/mol. The number of benzene rings is 2. The van der Waals surface area contributed by atoms with Crippen LogP contribution in [0.5, 0.6) is 0 Å². The predicted molar refractivity (Wildman–Crippen MR) is 115 cm³/mol. The van der Waals surface area contributed by atoms with Crippen molar-refractivity contribution in [2.45, 2.75) is 37.2 Å². The summed E-state index contributed by atoms with van der Waals surface area (Å²) in [5.41, 5.74) is 1.29. The van der Waals surface area contributed by atoms with E-state index in [0.717, 1.165) is 25.0 Å². The van der Waals surface area contributed by atoms with Crippen molar-refractivity contribution < 1.29 is 19.1 Å². The van der Waals surface area contributed by atoms with Crippen LogP contribution in [0.3, 0.4) is 0 Å². The van der Waals surface area contributed by atoms with Crippen molar-refractivity contribution in [3.63, 3.8) is 0 Å². The van der Waals surface area contributed by atoms with Crippen LogP contribution in [0.1, 0.15) is 41.6 Å². The van der Waals surface area contributed by atoms with Crippen molar-refractivity contribution in [3.8, 4) is 0 Å². The normalized spacial score (nSPS) is 20.5. The van der Waals surface area contributed by atoms with E-state index in [1.54, 1.807) is 18.2 Å². The number of carbonyl (C=O) groups excluding carboxylic acids is 2. The van der Waals surface area contributed by atoms with E-state index in [1.807, 2.05) is 36.4 Å². The molecule has 2 amide bonds. The molecule has 2 aromatic rings. The summed E-state index contributed by atoms with van der Waals surface area (Å²) in [7, 11) is 0. The average molecular weight is 408 g/mol. The van der Waals surface area contributed by atoms with Gasteiger partial charge in [0.05, 0.1) is 22.8 Å². The molecule has 0 unspecified atom stereocenters. The molecule has 30 heavy (non-hydrogen) atoms. The molecule has 2 aliphatic rings. The zero-order chi connectivity index (χ0) is 20.8. The highest BCUT2D eigenvalue weighted by atomic mass is 16.5. The van der Waals surface area contributed by atoms with E-state index in [9.17, 15) is 9.59 Å². The molecule has 2 N–H and O–H groups in total. The first-order chi connectivity index (χ1) is 14.7. The third kappa shape index (κ3) is 4.40. The van der Waals surface area contributed by atoms with Crippen LogP contribution < -0.4 is 10.6 Å². The number of rotatable bonds is 6. The fraction of sp³-hybridized carbons (Fsp3) is 0.417. The molecule has 4 rings (SSSR count). The highest BCUT2D eigenvalue weighted by Gasteiger charge is 2.42. The Balaban J connectivity index is 1.53. The highest BCUT2D eigenvalue weighted by molar-refractivity contribution is 6.06. The minimum atomic E-state index is -0.666. The lowest BCUT2D eigenvalue weighted by Gasteiger charge is -2.36. The van der Waals surface area contributed by atoms with Gasteiger partial charge in [0.1, 0.15) is 0 Å². The van der Waals surface area contributed by atoms with Gasteiger partial charge in [-0.1, -0.05) is 42.5 Å². The minimum Gasteiger partial charge on any atom is -0.381 e. The van der Waals surface area contributed by atoms with E-state index in [4.69, 9.17) is 9.47 Å². The van der Waals surface area contributed by atoms with Gasteiger partial charge in [-0.15, -0.1) is 0 Å². The monoisotopic (exact) mass is 408 g/mol. The Bertz CT molecular complexity index is 872. The number of para-hydroxylation sites is 1. The Hall–Kier alpha value is -2.70. The molecule has 0 aliphatic carbocycles. The summed E-state index contributed by atoms with van der Waals surface area (Å²) in [6.07, 6.45) is 3.27. The van der Waals surface area contributed by atoms with Gasteiger partial charge in [0.25, 0.3) is 5.91 Å². The minimum absolute atomic E-state index is 0.0688. The largest absolute Gasteiger partial charge is 0.381 e. The molecule has 1 atom stereocenters. The van der Waals surface area contributed by atoms with Gasteiger partial charge in [-0.25, -0.2) is 0 Å². The molecule has 6 nitrogen and oxygen atoms in total. The fourth-order valence-corrected chi connectivity index (χ4v) is 4.26. The van der Waals surface area contributed by atoms with Gasteiger partial charge in [0, 0.05) is 26.4 Å². The predicted octanol–water partition coefficient (Wildman–Crippen LogP) is 3.28. The lowest BCUT2D eigenvalue weighted by Crippen LogP contribution is -2.45. The standard InChI is InChI=1S/C24H28N2O4/c27-22(25-17-19-9-6-14-30-19)20-10-4-5-11-21(20)26-23(28)24(12-15-29-16-13-24)18-7-2-1-3-8-18/h1-5,7-8,10-11,19H,6,9,12-17H2,(H,25,27)(H,26,28)/t19-/m0/s1. The average Bonchev–Trinajstić information content (AvgIpc) is 3.32. The quantitative estimate of drug-likeness (QED) is 0.769. The second-order valence-corrected chi connectivity index (χ2v) is 7.91. The molecule has 0 spiro atoms. The van der Waals surface area contributed by atoms with E-state index in [2.05, 4.69) is 10.6 Å². The number of nitrogens with one attached hydrogen (secondary N) is 2. The smallest absolute Gasteiger partial charge is 0.253 e. The molecule has 2 saturated heterocycles. The summed E-state index contributed by atoms with van der Waals surface area (Å²) in [5.74, 6) is -0.307. The second kappa shape index (κ2) is 9.41. The van der Waals surface area contributed by atoms with Crippen LogP contribution in [0, 0.1) is 0 Å². The topological polar surface area (TPSA) is 76.7 Å². The maximum atomic E-state index is 13.5. The van der Waals surface area contributed by atoms with E-state index >= 15 is 0 Å². The third-order valence-corrected chi connectivity index (χ3v) is 6.04. The molecule has 2 fully saturated rings. The van der Waals surface area contributed by atoms with Crippen LogP contribution in [-0.2, 0) is 19.7 Å². The van der Waals surface area contributed by atoms with Crippen LogP contribution in [0.4, 0.5) is 5.69 Å². The lowest BCUT2D eigenvalue weighted by molar-refractivity contribution is -0.125. The summed E-state index contributed by atoms with van der Waals surface area (Å²) in [4.78, 5) is 26.3. The molecule has 6 heteroatoms. The van der Waals surface area contributed by atoms with Gasteiger partial charge in [-0.3, -0.25) is 9.59 Å². The Morgan fingerprint density at radius 3 is 2.43 bits per heavy atom. The van der Waals surface area contributed by atoms with Crippen LogP contribution >= 0.6 is 0 Å². The zero-order valence-corrected chi connectivity index (χ0v) is 17.1. The first-order valence-electron chi connectivity index (χ1n) is 10.6. The third-order valence-electron chi connectivity index (χ3n) is 6.04. The van der Waals surface area contributed by atoms with Gasteiger partial charge in [-0.05, 0) is 43.4 Å². The maximum Gasteiger partial charge on any atom is 0.253 e. The molecule has 2 heterocycles. The zero-order valence-electron chi connectivity index (χ0n) is 17.1. The van der Waals surface area contributed by atoms with Crippen LogP contribution in [0.25, 0.3) is 0 Å². The van der Waals surface area contributed by atoms with Crippen LogP contribution in [0.2, 0.25) is 0 Å². The number of ether oxygens (including phenoxy) is 2. The van der Waals surface area contributed by atoms with Crippen molar-refractivity contribution in [3.05, 3.63) is 65.7 Å². The van der Waals surface area contributed by atoms with Crippen molar-refractivity contribution in [2.24, 2.45) is 0 Å². The highest BCUT2D eigenvalue weighted by Crippen LogP contribution is 2.36. The number of anilines is 1. The van der Waals surface area contributed by atoms with E-state index in [-0.39, 0.29) is 17.9 Å². The van der Waals surface area contributed by atoms with E-state index in [1.165, 1.54) is 0 Å². The molecule has 158 valence electrons. The lowest BCUT2D eigenvalue weighted by atomic mass is 9.73. The molecule has 0 radical (unpaired) electrons. The Morgan fingerprint density at radius 1 is 0.967 bits per heavy atom. The van der Waals surface area contributed by atoms with Gasteiger partial charge in [-0.2, -0.15) is 0 Å². The van der Waals surface area contributed by atoms with Gasteiger partial charge in [0.15, 0.2) is 0 Å². The van der Waals surface area contributed by atoms with E-state index < -0.39 is 5.41 Å². The number of hydrogen-bond donors (Lipinski definition) is 2. The van der Waals surface area contributed by atoms with Crippen molar-refractivity contribution in [2.75, 3.05) is 31.7 Å². The Labute approximate surface area is 177 Å². The van der Waals surface area contributed by atoms with Crippen molar-refractivity contribution in [1.29, 1.82) is 0 Å². The Morgan fingerprint density at radius 2 is 1.70 bits per heavy atom. The van der Waals surface area contributed by atoms with Crippen LogP contribution in [-0.4, -0.2) is 44.3 Å². The van der Waals surface area contributed by atoms with Crippen molar-refractivity contribution >= 4 is 17.5 Å². The van der Waals surface area contributed by atoms with E-state index in [0.29, 0.717) is 43.9 Å². The maximum absolute atomic E-state index is 13.5. The Kier molecular flexibility index (Phi) is 6.45. The molecular formula is C24H28N2O4. The summed E-state index contributed by atoms with van der Waals surface area (Å²) in [6, 6.07) is 17.0. The van der Waals surface area contributed by atoms with Gasteiger partial charge < -0.3 is 20.1 Å². The molecule has 0 aromatic heterocycles. The van der Waals surface area contributed by atoms with Gasteiger partial charge in [0.2, 0.25) is 5.91 Å². The van der Waals surface area contributed by atoms with Crippen molar-refractivity contribution in [1.82, 2.24) is 5.32 Å². The fourth-order valence-electron chi connectivity index (χ4n) is 4.26. The summed E-state index contributed by atoms with van der Waals surface area (Å²) in [5, 5.41) is 5.98. The summed E-state index contributed by atoms with van der Waals surface area (Å²) >= 11 is 0. The molecule has 0 bridgehead atoms. The SMILES string of the molecule is O=C(NC[C@@H]1CCCO1)c1ccccc1NC(=O)C1(c2ccccc2)CCOCC1. The first kappa shape index (κ1) is 20.6. The molecule has 2 aromatic carbocycles. The number of hydrogen-bond acceptors (Lipinski definition) is 4. The van der Waals surface area contributed by atoms with Gasteiger partial charge >= 0.3 is 0 Å². The summed E-state index contributed by atoms with van der Waals surface area (Å²) in [6.45, 7) is 2.29. The number of carbonyl (C=O) groups is 2. The first-order valence-corrected chi connectivity index (χ1v) is 10.6. The summed E-state index contributed by atoms with van der Waals surface area (Å²) < 4.78 is 11.1. The number of amides is 2. The molecule has 2 aliphatic heterocycles. The molecule has 0 saturated carbocycles. The van der Waals surface area contributed by atoms with Crippen LogP contribution in [0.15, 0.2) is 54.6 Å².